The minimum Gasteiger partial charge on any atom is -0.231 e. The smallest absolute Gasteiger partial charge is 0.231 e. The first-order chi connectivity index (χ1) is 14.2. The van der Waals surface area contributed by atoms with Crippen molar-refractivity contribution in [3.63, 3.8) is 0 Å². The van der Waals surface area contributed by atoms with Crippen LogP contribution in [0.3, 0.4) is 0 Å². The van der Waals surface area contributed by atoms with Gasteiger partial charge in [-0.3, -0.25) is 0 Å². The number of aromatic nitrogens is 2. The van der Waals surface area contributed by atoms with E-state index in [4.69, 9.17) is 21.8 Å². The zero-order valence-electron chi connectivity index (χ0n) is 16.5. The molecular weight excluding hydrogens is 418 g/mol. The van der Waals surface area contributed by atoms with Crippen molar-refractivity contribution in [3.8, 4) is 28.2 Å². The number of hydrogen-bond donors (Lipinski definition) is 1. The third kappa shape index (κ3) is 4.03. The Balaban J connectivity index is 2.00. The molecule has 0 aliphatic carbocycles. The Labute approximate surface area is 180 Å². The molecule has 0 aliphatic rings. The van der Waals surface area contributed by atoms with E-state index < -0.39 is 10.0 Å². The summed E-state index contributed by atoms with van der Waals surface area (Å²) in [4.78, 5) is 0.00952. The summed E-state index contributed by atoms with van der Waals surface area (Å²) in [6.07, 6.45) is 0. The summed E-state index contributed by atoms with van der Waals surface area (Å²) in [6, 6.07) is 22.0. The van der Waals surface area contributed by atoms with Gasteiger partial charge in [-0.05, 0) is 56.3 Å². The molecule has 30 heavy (non-hydrogen) atoms. The highest BCUT2D eigenvalue weighted by Gasteiger charge is 2.20. The van der Waals surface area contributed by atoms with Gasteiger partial charge >= 0.3 is 0 Å². The summed E-state index contributed by atoms with van der Waals surface area (Å²) in [5.41, 5.74) is 5.91. The zero-order valence-corrected chi connectivity index (χ0v) is 18.1. The fourth-order valence-corrected chi connectivity index (χ4v) is 4.37. The number of para-hydroxylation sites is 1. The normalized spacial score (nSPS) is 11.6. The van der Waals surface area contributed by atoms with E-state index in [9.17, 15) is 8.42 Å². The third-order valence-corrected chi connectivity index (χ3v) is 5.98. The predicted octanol–water partition coefficient (Wildman–Crippen LogP) is 5.12. The van der Waals surface area contributed by atoms with Gasteiger partial charge in [0.25, 0.3) is 0 Å². The van der Waals surface area contributed by atoms with Crippen molar-refractivity contribution in [2.24, 2.45) is 5.14 Å². The Morgan fingerprint density at radius 3 is 2.13 bits per heavy atom. The summed E-state index contributed by atoms with van der Waals surface area (Å²) in [5, 5.41) is 10.9. The molecule has 0 atom stereocenters. The van der Waals surface area contributed by atoms with Crippen molar-refractivity contribution in [1.29, 1.82) is 0 Å². The lowest BCUT2D eigenvalue weighted by Gasteiger charge is -2.11. The lowest BCUT2D eigenvalue weighted by atomic mass is 10.0. The minimum absolute atomic E-state index is 0.00952. The molecule has 0 spiro atoms. The number of rotatable bonds is 4. The molecule has 0 aliphatic heterocycles. The molecular formula is C23H20ClN3O2S. The number of primary sulfonamides is 1. The van der Waals surface area contributed by atoms with Crippen LogP contribution < -0.4 is 5.14 Å². The van der Waals surface area contributed by atoms with Gasteiger partial charge in [0.1, 0.15) is 4.90 Å². The van der Waals surface area contributed by atoms with E-state index in [1.165, 1.54) is 6.07 Å². The van der Waals surface area contributed by atoms with Crippen molar-refractivity contribution >= 4 is 21.6 Å². The van der Waals surface area contributed by atoms with Crippen molar-refractivity contribution < 1.29 is 8.42 Å². The Bertz CT molecular complexity index is 1320. The Morgan fingerprint density at radius 1 is 0.867 bits per heavy atom. The van der Waals surface area contributed by atoms with Gasteiger partial charge in [0.05, 0.1) is 17.1 Å². The molecule has 1 heterocycles. The minimum atomic E-state index is -3.94. The van der Waals surface area contributed by atoms with Gasteiger partial charge < -0.3 is 0 Å². The third-order valence-electron chi connectivity index (χ3n) is 4.77. The number of nitrogens with two attached hydrogens (primary N) is 1. The number of hydrogen-bond acceptors (Lipinski definition) is 3. The molecule has 152 valence electrons. The molecule has 0 saturated carbocycles. The van der Waals surface area contributed by atoms with Crippen molar-refractivity contribution in [1.82, 2.24) is 9.78 Å². The maximum Gasteiger partial charge on any atom is 0.240 e. The second-order valence-electron chi connectivity index (χ2n) is 7.22. The number of nitrogens with zero attached hydrogens (tertiary/aromatic N) is 2. The first-order valence-electron chi connectivity index (χ1n) is 9.29. The van der Waals surface area contributed by atoms with Crippen LogP contribution in [0.15, 0.2) is 77.7 Å². The van der Waals surface area contributed by atoms with Gasteiger partial charge in [0.2, 0.25) is 10.0 Å². The number of sulfonamides is 1. The Hall–Kier alpha value is -2.93. The van der Waals surface area contributed by atoms with Crippen LogP contribution in [0.1, 0.15) is 11.1 Å². The van der Waals surface area contributed by atoms with Crippen molar-refractivity contribution in [2.45, 2.75) is 18.7 Å². The Morgan fingerprint density at radius 2 is 1.50 bits per heavy atom. The average Bonchev–Trinajstić information content (AvgIpc) is 3.12. The Kier molecular flexibility index (Phi) is 5.24. The summed E-state index contributed by atoms with van der Waals surface area (Å²) in [5.74, 6) is 0. The molecule has 0 bridgehead atoms. The first-order valence-corrected chi connectivity index (χ1v) is 11.2. The molecule has 1 aromatic heterocycles. The topological polar surface area (TPSA) is 78.0 Å². The van der Waals surface area contributed by atoms with Crippen LogP contribution in [-0.4, -0.2) is 18.2 Å². The molecule has 7 heteroatoms. The fourth-order valence-electron chi connectivity index (χ4n) is 3.53. The molecule has 0 unspecified atom stereocenters. The molecule has 0 radical (unpaired) electrons. The molecule has 4 aromatic rings. The van der Waals surface area contributed by atoms with Gasteiger partial charge in [0, 0.05) is 16.1 Å². The second kappa shape index (κ2) is 7.72. The highest BCUT2D eigenvalue weighted by Crippen LogP contribution is 2.32. The van der Waals surface area contributed by atoms with Crippen LogP contribution in [0.25, 0.3) is 28.2 Å². The lowest BCUT2D eigenvalue weighted by Crippen LogP contribution is -2.16. The molecule has 4 rings (SSSR count). The van der Waals surface area contributed by atoms with Crippen LogP contribution in [0.2, 0.25) is 5.02 Å². The lowest BCUT2D eigenvalue weighted by molar-refractivity contribution is 0.596. The van der Waals surface area contributed by atoms with Crippen molar-refractivity contribution in [2.75, 3.05) is 0 Å². The van der Waals surface area contributed by atoms with E-state index >= 15 is 0 Å². The maximum absolute atomic E-state index is 12.2. The highest BCUT2D eigenvalue weighted by atomic mass is 35.5. The molecule has 2 N–H and O–H groups in total. The van der Waals surface area contributed by atoms with Crippen LogP contribution in [-0.2, 0) is 10.0 Å². The van der Waals surface area contributed by atoms with Gasteiger partial charge in [0.15, 0.2) is 0 Å². The fraction of sp³-hybridized carbons (Fsp3) is 0.0870. The number of benzene rings is 3. The number of halogens is 1. The summed E-state index contributed by atoms with van der Waals surface area (Å²) < 4.78 is 26.0. The predicted molar refractivity (Wildman–Crippen MR) is 120 cm³/mol. The molecule has 5 nitrogen and oxygen atoms in total. The van der Waals surface area contributed by atoms with Crippen molar-refractivity contribution in [3.05, 3.63) is 88.9 Å². The monoisotopic (exact) mass is 437 g/mol. The molecule has 3 aromatic carbocycles. The average molecular weight is 438 g/mol. The largest absolute Gasteiger partial charge is 0.240 e. The highest BCUT2D eigenvalue weighted by molar-refractivity contribution is 7.89. The van der Waals surface area contributed by atoms with Gasteiger partial charge in [-0.25, -0.2) is 18.2 Å². The van der Waals surface area contributed by atoms with Gasteiger partial charge in [-0.1, -0.05) is 53.1 Å². The van der Waals surface area contributed by atoms with Gasteiger partial charge in [-0.2, -0.15) is 5.10 Å². The van der Waals surface area contributed by atoms with Gasteiger partial charge in [-0.15, -0.1) is 0 Å². The standard InChI is InChI=1S/C23H20ClN3O2S/c1-15-11-16(2)13-18(12-15)20-14-22(17-7-9-19(24)10-8-17)27(26-20)21-5-3-4-6-23(21)30(25,28)29/h3-14H,1-2H3,(H2,25,28,29). The molecule has 0 fully saturated rings. The zero-order chi connectivity index (χ0) is 21.5. The van der Waals surface area contributed by atoms with E-state index in [0.29, 0.717) is 10.7 Å². The van der Waals surface area contributed by atoms with Crippen LogP contribution in [0, 0.1) is 13.8 Å². The molecule has 0 saturated heterocycles. The van der Waals surface area contributed by atoms with Crippen LogP contribution >= 0.6 is 11.6 Å². The van der Waals surface area contributed by atoms with E-state index in [2.05, 4.69) is 18.2 Å². The molecule has 0 amide bonds. The first kappa shape index (κ1) is 20.3. The van der Waals surface area contributed by atoms with E-state index in [1.54, 1.807) is 35.0 Å². The second-order valence-corrected chi connectivity index (χ2v) is 9.19. The quantitative estimate of drug-likeness (QED) is 0.481. The van der Waals surface area contributed by atoms with E-state index in [-0.39, 0.29) is 4.90 Å². The SMILES string of the molecule is Cc1cc(C)cc(-c2cc(-c3ccc(Cl)cc3)n(-c3ccccc3S(N)(=O)=O)n2)c1. The summed E-state index contributed by atoms with van der Waals surface area (Å²) >= 11 is 6.06. The van der Waals surface area contributed by atoms with Crippen LogP contribution in [0.4, 0.5) is 0 Å². The maximum atomic E-state index is 12.2. The van der Waals surface area contributed by atoms with E-state index in [0.717, 1.165) is 33.6 Å². The summed E-state index contributed by atoms with van der Waals surface area (Å²) in [6.45, 7) is 4.06. The van der Waals surface area contributed by atoms with Crippen LogP contribution in [0.5, 0.6) is 0 Å². The number of aryl methyl sites for hydroxylation is 2. The van der Waals surface area contributed by atoms with E-state index in [1.807, 2.05) is 32.0 Å². The summed E-state index contributed by atoms with van der Waals surface area (Å²) in [7, 11) is -3.94.